The van der Waals surface area contributed by atoms with E-state index >= 15 is 0 Å². The Morgan fingerprint density at radius 2 is 2.31 bits per heavy atom. The summed E-state index contributed by atoms with van der Waals surface area (Å²) in [5, 5.41) is 9.38. The van der Waals surface area contributed by atoms with Crippen LogP contribution in [-0.2, 0) is 0 Å². The Labute approximate surface area is 76.3 Å². The van der Waals surface area contributed by atoms with Gasteiger partial charge in [-0.15, -0.1) is 0 Å². The van der Waals surface area contributed by atoms with Crippen molar-refractivity contribution in [1.29, 1.82) is 0 Å². The lowest BCUT2D eigenvalue weighted by Crippen LogP contribution is -1.98. The molecule has 0 aliphatic carbocycles. The molecule has 0 bridgehead atoms. The van der Waals surface area contributed by atoms with Gasteiger partial charge in [-0.2, -0.15) is 0 Å². The van der Waals surface area contributed by atoms with Crippen molar-refractivity contribution in [2.75, 3.05) is 7.11 Å². The van der Waals surface area contributed by atoms with E-state index in [1.807, 2.05) is 0 Å². The lowest BCUT2D eigenvalue weighted by atomic mass is 10.1. The van der Waals surface area contributed by atoms with Crippen LogP contribution in [0.25, 0.3) is 0 Å². The normalized spacial score (nSPS) is 9.31. The van der Waals surface area contributed by atoms with Crippen LogP contribution in [0.2, 0.25) is 0 Å². The molecular weight excluding hydrogens is 168 g/mol. The van der Waals surface area contributed by atoms with Gasteiger partial charge >= 0.3 is 0 Å². The summed E-state index contributed by atoms with van der Waals surface area (Å²) in [5.41, 5.74) is 0.153. The first kappa shape index (κ1) is 9.32. The molecule has 13 heavy (non-hydrogen) atoms. The summed E-state index contributed by atoms with van der Waals surface area (Å²) < 4.78 is 4.92. The highest BCUT2D eigenvalue weighted by Gasteiger charge is 2.13. The quantitative estimate of drug-likeness (QED) is 0.566. The highest BCUT2D eigenvalue weighted by atomic mass is 16.5. The van der Waals surface area contributed by atoms with Crippen LogP contribution in [0.5, 0.6) is 11.5 Å². The monoisotopic (exact) mass is 178 g/mol. The molecule has 0 spiro atoms. The third-order valence-electron chi connectivity index (χ3n) is 1.66. The van der Waals surface area contributed by atoms with Crippen molar-refractivity contribution in [2.45, 2.75) is 0 Å². The molecule has 0 aliphatic heterocycles. The zero-order valence-electron chi connectivity index (χ0n) is 7.28. The summed E-state index contributed by atoms with van der Waals surface area (Å²) >= 11 is 0. The number of hydrogen-bond donors (Lipinski definition) is 1. The SMILES string of the molecule is C=CC(=O)c1c(O)cccc1OC. The molecule has 1 rings (SSSR count). The summed E-state index contributed by atoms with van der Waals surface area (Å²) in [4.78, 5) is 11.3. The second-order valence-electron chi connectivity index (χ2n) is 2.42. The zero-order valence-corrected chi connectivity index (χ0v) is 7.28. The minimum absolute atomic E-state index is 0.0933. The molecule has 0 saturated carbocycles. The van der Waals surface area contributed by atoms with E-state index in [2.05, 4.69) is 6.58 Å². The predicted octanol–water partition coefficient (Wildman–Crippen LogP) is 1.77. The van der Waals surface area contributed by atoms with Gasteiger partial charge in [0.1, 0.15) is 17.1 Å². The topological polar surface area (TPSA) is 46.5 Å². The molecule has 0 heterocycles. The molecule has 1 N–H and O–H groups in total. The fourth-order valence-electron chi connectivity index (χ4n) is 1.04. The third-order valence-corrected chi connectivity index (χ3v) is 1.66. The fraction of sp³-hybridized carbons (Fsp3) is 0.100. The van der Waals surface area contributed by atoms with Gasteiger partial charge in [-0.25, -0.2) is 0 Å². The van der Waals surface area contributed by atoms with E-state index in [9.17, 15) is 9.90 Å². The molecule has 3 nitrogen and oxygen atoms in total. The second-order valence-corrected chi connectivity index (χ2v) is 2.42. The maximum absolute atomic E-state index is 11.3. The number of aromatic hydroxyl groups is 1. The number of phenols is 1. The van der Waals surface area contributed by atoms with E-state index in [1.54, 1.807) is 12.1 Å². The van der Waals surface area contributed by atoms with Gasteiger partial charge in [-0.05, 0) is 18.2 Å². The lowest BCUT2D eigenvalue weighted by molar-refractivity contribution is 0.104. The van der Waals surface area contributed by atoms with Crippen LogP contribution in [-0.4, -0.2) is 18.0 Å². The van der Waals surface area contributed by atoms with Crippen molar-refractivity contribution in [1.82, 2.24) is 0 Å². The zero-order chi connectivity index (χ0) is 9.84. The van der Waals surface area contributed by atoms with E-state index in [0.29, 0.717) is 5.75 Å². The van der Waals surface area contributed by atoms with Gasteiger partial charge < -0.3 is 9.84 Å². The third kappa shape index (κ3) is 1.69. The number of rotatable bonds is 3. The summed E-state index contributed by atoms with van der Waals surface area (Å²) in [6.45, 7) is 3.34. The minimum Gasteiger partial charge on any atom is -0.507 e. The standard InChI is InChI=1S/C10H10O3/c1-3-7(11)10-8(12)5-4-6-9(10)13-2/h3-6,12H,1H2,2H3. The second kappa shape index (κ2) is 3.76. The summed E-state index contributed by atoms with van der Waals surface area (Å²) in [6, 6.07) is 4.64. The van der Waals surface area contributed by atoms with E-state index in [-0.39, 0.29) is 17.1 Å². The van der Waals surface area contributed by atoms with E-state index < -0.39 is 0 Å². The van der Waals surface area contributed by atoms with Gasteiger partial charge in [0.15, 0.2) is 5.78 Å². The number of ketones is 1. The minimum atomic E-state index is -0.352. The molecule has 0 atom stereocenters. The Balaban J connectivity index is 3.30. The van der Waals surface area contributed by atoms with Gasteiger partial charge in [-0.1, -0.05) is 12.6 Å². The highest BCUT2D eigenvalue weighted by Crippen LogP contribution is 2.27. The van der Waals surface area contributed by atoms with Crippen LogP contribution in [0.15, 0.2) is 30.9 Å². The molecule has 1 aromatic rings. The number of benzene rings is 1. The summed E-state index contributed by atoms with van der Waals surface area (Å²) in [7, 11) is 1.44. The molecule has 0 saturated heterocycles. The Bertz CT molecular complexity index is 342. The van der Waals surface area contributed by atoms with Gasteiger partial charge in [0.25, 0.3) is 0 Å². The first-order chi connectivity index (χ1) is 6.20. The van der Waals surface area contributed by atoms with Crippen molar-refractivity contribution < 1.29 is 14.6 Å². The average molecular weight is 178 g/mol. The first-order valence-electron chi connectivity index (χ1n) is 3.73. The number of hydrogen-bond acceptors (Lipinski definition) is 3. The molecule has 68 valence electrons. The molecule has 0 fully saturated rings. The maximum atomic E-state index is 11.3. The number of methoxy groups -OCH3 is 1. The molecule has 0 amide bonds. The van der Waals surface area contributed by atoms with Gasteiger partial charge in [0, 0.05) is 0 Å². The number of carbonyl (C=O) groups excluding carboxylic acids is 1. The Hall–Kier alpha value is -1.77. The van der Waals surface area contributed by atoms with E-state index in [4.69, 9.17) is 4.74 Å². The van der Waals surface area contributed by atoms with Crippen LogP contribution in [0, 0.1) is 0 Å². The number of ether oxygens (including phenoxy) is 1. The van der Waals surface area contributed by atoms with Gasteiger partial charge in [0.05, 0.1) is 7.11 Å². The fourth-order valence-corrected chi connectivity index (χ4v) is 1.04. The van der Waals surface area contributed by atoms with Crippen molar-refractivity contribution in [3.8, 4) is 11.5 Å². The maximum Gasteiger partial charge on any atom is 0.192 e. The molecular formula is C10H10O3. The van der Waals surface area contributed by atoms with Crippen molar-refractivity contribution >= 4 is 5.78 Å². The molecule has 0 radical (unpaired) electrons. The lowest BCUT2D eigenvalue weighted by Gasteiger charge is -2.06. The smallest absolute Gasteiger partial charge is 0.192 e. The Kier molecular flexibility index (Phi) is 2.69. The van der Waals surface area contributed by atoms with Crippen molar-refractivity contribution in [3.05, 3.63) is 36.4 Å². The number of carbonyl (C=O) groups is 1. The van der Waals surface area contributed by atoms with Crippen molar-refractivity contribution in [3.63, 3.8) is 0 Å². The Morgan fingerprint density at radius 3 is 2.85 bits per heavy atom. The van der Waals surface area contributed by atoms with Crippen LogP contribution in [0.3, 0.4) is 0 Å². The summed E-state index contributed by atoms with van der Waals surface area (Å²) in [6.07, 6.45) is 1.14. The molecule has 0 unspecified atom stereocenters. The van der Waals surface area contributed by atoms with Crippen LogP contribution in [0.1, 0.15) is 10.4 Å². The first-order valence-corrected chi connectivity index (χ1v) is 3.73. The molecule has 0 aromatic heterocycles. The highest BCUT2D eigenvalue weighted by molar-refractivity contribution is 6.08. The Morgan fingerprint density at radius 1 is 1.62 bits per heavy atom. The van der Waals surface area contributed by atoms with Crippen LogP contribution >= 0.6 is 0 Å². The van der Waals surface area contributed by atoms with Crippen LogP contribution in [0.4, 0.5) is 0 Å². The predicted molar refractivity (Wildman–Crippen MR) is 49.2 cm³/mol. The average Bonchev–Trinajstić information content (AvgIpc) is 2.16. The summed E-state index contributed by atoms with van der Waals surface area (Å²) in [5.74, 6) is -0.0934. The number of allylic oxidation sites excluding steroid dienone is 1. The molecule has 0 aliphatic rings. The van der Waals surface area contributed by atoms with E-state index in [0.717, 1.165) is 6.08 Å². The molecule has 1 aromatic carbocycles. The molecule has 3 heteroatoms. The van der Waals surface area contributed by atoms with Gasteiger partial charge in [0.2, 0.25) is 0 Å². The van der Waals surface area contributed by atoms with Crippen molar-refractivity contribution in [2.24, 2.45) is 0 Å². The largest absolute Gasteiger partial charge is 0.507 e. The number of phenolic OH excluding ortho intramolecular Hbond substituents is 1. The van der Waals surface area contributed by atoms with Crippen LogP contribution < -0.4 is 4.74 Å². The van der Waals surface area contributed by atoms with Gasteiger partial charge in [-0.3, -0.25) is 4.79 Å². The van der Waals surface area contributed by atoms with E-state index in [1.165, 1.54) is 13.2 Å².